The number of para-hydroxylation sites is 1. The maximum atomic E-state index is 4.78. The topological polar surface area (TPSA) is 29.9 Å². The maximum absolute atomic E-state index is 4.78. The minimum Gasteiger partial charge on any atom is -0.330 e. The van der Waals surface area contributed by atoms with Gasteiger partial charge in [-0.1, -0.05) is 19.1 Å². The first kappa shape index (κ1) is 10.8. The summed E-state index contributed by atoms with van der Waals surface area (Å²) in [6, 6.07) is 7.19. The predicted molar refractivity (Wildman–Crippen MR) is 70.0 cm³/mol. The average molecular weight is 229 g/mol. The lowest BCUT2D eigenvalue weighted by atomic mass is 10.1. The first-order chi connectivity index (χ1) is 8.29. The van der Waals surface area contributed by atoms with Gasteiger partial charge in [-0.05, 0) is 30.9 Å². The maximum Gasteiger partial charge on any atom is 0.123 e. The van der Waals surface area contributed by atoms with Gasteiger partial charge in [0.05, 0.1) is 17.6 Å². The molecule has 0 amide bonds. The van der Waals surface area contributed by atoms with Gasteiger partial charge < -0.3 is 9.88 Å². The van der Waals surface area contributed by atoms with Crippen molar-refractivity contribution < 1.29 is 0 Å². The summed E-state index contributed by atoms with van der Waals surface area (Å²) >= 11 is 0. The lowest BCUT2D eigenvalue weighted by Gasteiger charge is -2.03. The molecule has 2 aromatic rings. The Morgan fingerprint density at radius 2 is 2.24 bits per heavy atom. The van der Waals surface area contributed by atoms with Crippen LogP contribution < -0.4 is 5.32 Å². The zero-order valence-corrected chi connectivity index (χ0v) is 10.5. The predicted octanol–water partition coefficient (Wildman–Crippen LogP) is 2.39. The Bertz CT molecular complexity index is 538. The van der Waals surface area contributed by atoms with E-state index in [0.717, 1.165) is 24.8 Å². The number of benzene rings is 1. The van der Waals surface area contributed by atoms with Gasteiger partial charge in [0.2, 0.25) is 0 Å². The monoisotopic (exact) mass is 229 g/mol. The van der Waals surface area contributed by atoms with Crippen LogP contribution in [0.3, 0.4) is 0 Å². The van der Waals surface area contributed by atoms with Gasteiger partial charge in [0.15, 0.2) is 0 Å². The number of aryl methyl sites for hydroxylation is 2. The van der Waals surface area contributed by atoms with Crippen LogP contribution in [0.2, 0.25) is 0 Å². The fourth-order valence-corrected chi connectivity index (χ4v) is 2.29. The van der Waals surface area contributed by atoms with Gasteiger partial charge in [-0.3, -0.25) is 0 Å². The van der Waals surface area contributed by atoms with Crippen molar-refractivity contribution in [2.24, 2.45) is 7.05 Å². The largest absolute Gasteiger partial charge is 0.330 e. The number of imidazole rings is 1. The minimum absolute atomic E-state index is 0.737. The van der Waals surface area contributed by atoms with Crippen LogP contribution in [0.1, 0.15) is 31.2 Å². The molecule has 0 radical (unpaired) electrons. The van der Waals surface area contributed by atoms with Crippen molar-refractivity contribution in [3.63, 3.8) is 0 Å². The van der Waals surface area contributed by atoms with E-state index in [1.807, 2.05) is 0 Å². The van der Waals surface area contributed by atoms with Crippen LogP contribution in [0.4, 0.5) is 0 Å². The van der Waals surface area contributed by atoms with E-state index in [-0.39, 0.29) is 0 Å². The summed E-state index contributed by atoms with van der Waals surface area (Å²) in [5.41, 5.74) is 3.76. The van der Waals surface area contributed by atoms with E-state index >= 15 is 0 Å². The Balaban J connectivity index is 1.97. The molecular weight excluding hydrogens is 210 g/mol. The van der Waals surface area contributed by atoms with Crippen molar-refractivity contribution in [2.75, 3.05) is 0 Å². The number of aromatic nitrogens is 2. The molecule has 0 bridgehead atoms. The van der Waals surface area contributed by atoms with Crippen LogP contribution in [0.5, 0.6) is 0 Å². The molecule has 1 aliphatic carbocycles. The van der Waals surface area contributed by atoms with Gasteiger partial charge >= 0.3 is 0 Å². The number of nitrogens with zero attached hydrogens (tertiary/aromatic N) is 2. The molecule has 0 unspecified atom stereocenters. The molecule has 0 aliphatic heterocycles. The minimum atomic E-state index is 0.737. The molecular formula is C14H19N3. The Morgan fingerprint density at radius 1 is 1.41 bits per heavy atom. The highest BCUT2D eigenvalue weighted by Crippen LogP contribution is 2.22. The molecule has 0 atom stereocenters. The summed E-state index contributed by atoms with van der Waals surface area (Å²) in [6.07, 6.45) is 3.69. The molecule has 17 heavy (non-hydrogen) atoms. The molecule has 1 saturated carbocycles. The van der Waals surface area contributed by atoms with Gasteiger partial charge in [-0.15, -0.1) is 0 Å². The van der Waals surface area contributed by atoms with E-state index in [2.05, 4.69) is 42.1 Å². The summed E-state index contributed by atoms with van der Waals surface area (Å²) in [4.78, 5) is 4.78. The van der Waals surface area contributed by atoms with Gasteiger partial charge in [-0.25, -0.2) is 4.98 Å². The Hall–Kier alpha value is -1.35. The Labute approximate surface area is 102 Å². The quantitative estimate of drug-likeness (QED) is 0.872. The number of hydrogen-bond donors (Lipinski definition) is 1. The molecule has 0 spiro atoms. The summed E-state index contributed by atoms with van der Waals surface area (Å²) in [6.45, 7) is 3.07. The van der Waals surface area contributed by atoms with E-state index in [9.17, 15) is 0 Å². The van der Waals surface area contributed by atoms with Gasteiger partial charge in [0.25, 0.3) is 0 Å². The molecule has 3 nitrogen and oxygen atoms in total. The fraction of sp³-hybridized carbons (Fsp3) is 0.500. The zero-order chi connectivity index (χ0) is 11.8. The number of rotatable bonds is 4. The van der Waals surface area contributed by atoms with Crippen LogP contribution in [-0.2, 0) is 20.0 Å². The molecule has 3 rings (SSSR count). The average Bonchev–Trinajstić information content (AvgIpc) is 3.12. The fourth-order valence-electron chi connectivity index (χ4n) is 2.29. The standard InChI is InChI=1S/C14H19N3/c1-3-10-5-4-6-12-14(10)16-13(17(12)2)9-15-11-7-8-11/h4-6,11,15H,3,7-9H2,1-2H3. The van der Waals surface area contributed by atoms with Crippen LogP contribution >= 0.6 is 0 Å². The SMILES string of the molecule is CCc1cccc2c1nc(CNC1CC1)n2C. The number of hydrogen-bond acceptors (Lipinski definition) is 2. The highest BCUT2D eigenvalue weighted by molar-refractivity contribution is 5.79. The van der Waals surface area contributed by atoms with Crippen molar-refractivity contribution in [1.82, 2.24) is 14.9 Å². The van der Waals surface area contributed by atoms with Gasteiger partial charge in [-0.2, -0.15) is 0 Å². The van der Waals surface area contributed by atoms with E-state index < -0.39 is 0 Å². The lowest BCUT2D eigenvalue weighted by Crippen LogP contribution is -2.18. The van der Waals surface area contributed by atoms with Crippen molar-refractivity contribution in [2.45, 2.75) is 38.8 Å². The smallest absolute Gasteiger partial charge is 0.123 e. The second-order valence-electron chi connectivity index (χ2n) is 4.88. The molecule has 0 saturated heterocycles. The van der Waals surface area contributed by atoms with E-state index in [1.54, 1.807) is 0 Å². The Kier molecular flexibility index (Phi) is 2.63. The molecule has 1 aromatic carbocycles. The number of fused-ring (bicyclic) bond motifs is 1. The van der Waals surface area contributed by atoms with E-state index in [0.29, 0.717) is 0 Å². The van der Waals surface area contributed by atoms with Gasteiger partial charge in [0, 0.05) is 13.1 Å². The molecule has 90 valence electrons. The number of nitrogens with one attached hydrogen (secondary N) is 1. The molecule has 1 aliphatic rings. The molecule has 3 heteroatoms. The summed E-state index contributed by atoms with van der Waals surface area (Å²) in [5.74, 6) is 1.15. The summed E-state index contributed by atoms with van der Waals surface area (Å²) in [5, 5.41) is 3.53. The van der Waals surface area contributed by atoms with Crippen molar-refractivity contribution in [3.05, 3.63) is 29.6 Å². The van der Waals surface area contributed by atoms with E-state index in [4.69, 9.17) is 4.98 Å². The second kappa shape index (κ2) is 4.15. The Morgan fingerprint density at radius 3 is 2.94 bits per heavy atom. The third kappa shape index (κ3) is 1.95. The van der Waals surface area contributed by atoms with Crippen molar-refractivity contribution >= 4 is 11.0 Å². The van der Waals surface area contributed by atoms with E-state index in [1.165, 1.54) is 29.4 Å². The van der Waals surface area contributed by atoms with Crippen molar-refractivity contribution in [3.8, 4) is 0 Å². The highest BCUT2D eigenvalue weighted by Gasteiger charge is 2.21. The van der Waals surface area contributed by atoms with Crippen LogP contribution in [0.25, 0.3) is 11.0 Å². The molecule has 1 heterocycles. The normalized spacial score (nSPS) is 15.6. The van der Waals surface area contributed by atoms with Crippen LogP contribution in [0, 0.1) is 0 Å². The zero-order valence-electron chi connectivity index (χ0n) is 10.5. The third-order valence-corrected chi connectivity index (χ3v) is 3.59. The summed E-state index contributed by atoms with van der Waals surface area (Å²) < 4.78 is 2.21. The molecule has 1 N–H and O–H groups in total. The van der Waals surface area contributed by atoms with Crippen molar-refractivity contribution in [1.29, 1.82) is 0 Å². The first-order valence-electron chi connectivity index (χ1n) is 6.46. The third-order valence-electron chi connectivity index (χ3n) is 3.59. The lowest BCUT2D eigenvalue weighted by molar-refractivity contribution is 0.639. The second-order valence-corrected chi connectivity index (χ2v) is 4.88. The van der Waals surface area contributed by atoms with Crippen LogP contribution in [-0.4, -0.2) is 15.6 Å². The molecule has 1 fully saturated rings. The summed E-state index contributed by atoms with van der Waals surface area (Å²) in [7, 11) is 2.11. The highest BCUT2D eigenvalue weighted by atomic mass is 15.1. The van der Waals surface area contributed by atoms with Crippen LogP contribution in [0.15, 0.2) is 18.2 Å². The van der Waals surface area contributed by atoms with Gasteiger partial charge in [0.1, 0.15) is 5.82 Å². The molecule has 1 aromatic heterocycles. The first-order valence-corrected chi connectivity index (χ1v) is 6.46.